The second-order valence-electron chi connectivity index (χ2n) is 4.63. The Bertz CT molecular complexity index is 537. The van der Waals surface area contributed by atoms with Crippen molar-refractivity contribution >= 4 is 16.0 Å². The summed E-state index contributed by atoms with van der Waals surface area (Å²) in [5.74, 6) is -0.530. The van der Waals surface area contributed by atoms with Gasteiger partial charge in [-0.05, 0) is 31.4 Å². The minimum absolute atomic E-state index is 0.237. The molecular formula is C14H21NO4S. The predicted octanol–water partition coefficient (Wildman–Crippen LogP) is 1.44. The van der Waals surface area contributed by atoms with Gasteiger partial charge in [0.05, 0.1) is 18.8 Å². The van der Waals surface area contributed by atoms with Gasteiger partial charge in [-0.15, -0.1) is 0 Å². The Morgan fingerprint density at radius 1 is 1.30 bits per heavy atom. The van der Waals surface area contributed by atoms with E-state index < -0.39 is 10.0 Å². The molecule has 1 N–H and O–H groups in total. The Kier molecular flexibility index (Phi) is 6.16. The van der Waals surface area contributed by atoms with Gasteiger partial charge >= 0.3 is 5.97 Å². The van der Waals surface area contributed by atoms with Crippen molar-refractivity contribution in [2.24, 2.45) is 0 Å². The van der Waals surface area contributed by atoms with E-state index in [0.29, 0.717) is 19.6 Å². The first-order valence-corrected chi connectivity index (χ1v) is 8.42. The van der Waals surface area contributed by atoms with E-state index in [4.69, 9.17) is 4.74 Å². The van der Waals surface area contributed by atoms with Crippen molar-refractivity contribution in [3.63, 3.8) is 0 Å². The molecule has 0 radical (unpaired) electrons. The highest BCUT2D eigenvalue weighted by atomic mass is 32.2. The summed E-state index contributed by atoms with van der Waals surface area (Å²) in [7, 11) is -3.14. The first-order chi connectivity index (χ1) is 9.33. The molecule has 0 aliphatic carbocycles. The molecule has 1 aromatic carbocycles. The van der Waals surface area contributed by atoms with Crippen LogP contribution in [0.1, 0.15) is 30.9 Å². The zero-order chi connectivity index (χ0) is 15.2. The molecule has 1 atom stereocenters. The van der Waals surface area contributed by atoms with Crippen molar-refractivity contribution < 1.29 is 17.9 Å². The van der Waals surface area contributed by atoms with E-state index in [9.17, 15) is 13.2 Å². The number of sulfonamides is 1. The largest absolute Gasteiger partial charge is 0.466 e. The zero-order valence-electron chi connectivity index (χ0n) is 12.0. The number of benzene rings is 1. The smallest absolute Gasteiger partial charge is 0.313 e. The summed E-state index contributed by atoms with van der Waals surface area (Å²) in [6, 6.07) is 7.54. The van der Waals surface area contributed by atoms with Crippen LogP contribution < -0.4 is 4.72 Å². The summed E-state index contributed by atoms with van der Waals surface area (Å²) >= 11 is 0. The fraction of sp³-hybridized carbons (Fsp3) is 0.500. The molecule has 20 heavy (non-hydrogen) atoms. The van der Waals surface area contributed by atoms with E-state index in [-0.39, 0.29) is 11.9 Å². The molecule has 0 heterocycles. The fourth-order valence-electron chi connectivity index (χ4n) is 1.76. The van der Waals surface area contributed by atoms with Gasteiger partial charge in [-0.3, -0.25) is 4.79 Å². The number of carbonyl (C=O) groups is 1. The number of nitrogens with one attached hydrogen (secondary N) is 1. The average Bonchev–Trinajstić information content (AvgIpc) is 2.37. The Morgan fingerprint density at radius 2 is 1.90 bits per heavy atom. The highest BCUT2D eigenvalue weighted by molar-refractivity contribution is 7.88. The van der Waals surface area contributed by atoms with Gasteiger partial charge in [-0.1, -0.05) is 24.3 Å². The summed E-state index contributed by atoms with van der Waals surface area (Å²) in [6.45, 7) is 4.32. The molecule has 0 saturated heterocycles. The topological polar surface area (TPSA) is 72.5 Å². The van der Waals surface area contributed by atoms with Gasteiger partial charge in [-0.2, -0.15) is 0 Å². The van der Waals surface area contributed by atoms with Crippen LogP contribution in [0.5, 0.6) is 0 Å². The van der Waals surface area contributed by atoms with E-state index >= 15 is 0 Å². The maximum atomic E-state index is 11.6. The lowest BCUT2D eigenvalue weighted by molar-refractivity contribution is -0.144. The number of hydrogen-bond donors (Lipinski definition) is 1. The highest BCUT2D eigenvalue weighted by Crippen LogP contribution is 2.17. The Hall–Kier alpha value is -1.40. The third-order valence-electron chi connectivity index (χ3n) is 2.90. The molecule has 112 valence electrons. The highest BCUT2D eigenvalue weighted by Gasteiger charge is 2.15. The number of ether oxygens (including phenoxy) is 1. The van der Waals surface area contributed by atoms with Gasteiger partial charge in [0, 0.05) is 6.54 Å². The van der Waals surface area contributed by atoms with Crippen LogP contribution in [0, 0.1) is 0 Å². The molecule has 1 unspecified atom stereocenters. The molecule has 0 saturated carbocycles. The van der Waals surface area contributed by atoms with Crippen LogP contribution in [0.25, 0.3) is 0 Å². The monoisotopic (exact) mass is 299 g/mol. The van der Waals surface area contributed by atoms with Gasteiger partial charge < -0.3 is 4.74 Å². The molecule has 0 aromatic heterocycles. The lowest BCUT2D eigenvalue weighted by Gasteiger charge is -2.11. The number of hydrogen-bond acceptors (Lipinski definition) is 4. The molecule has 1 aromatic rings. The van der Waals surface area contributed by atoms with Gasteiger partial charge in [0.25, 0.3) is 0 Å². The number of rotatable bonds is 7. The standard InChI is InChI=1S/C14H21NO4S/c1-4-19-14(16)11(2)13-7-5-12(6-8-13)9-10-15-20(3,17)18/h5-8,11,15H,4,9-10H2,1-3H3. The molecular weight excluding hydrogens is 278 g/mol. The van der Waals surface area contributed by atoms with Crippen molar-refractivity contribution in [1.82, 2.24) is 4.72 Å². The molecule has 0 aliphatic heterocycles. The van der Waals surface area contributed by atoms with E-state index in [0.717, 1.165) is 17.4 Å². The first-order valence-electron chi connectivity index (χ1n) is 6.53. The van der Waals surface area contributed by atoms with Crippen molar-refractivity contribution in [3.05, 3.63) is 35.4 Å². The van der Waals surface area contributed by atoms with Crippen LogP contribution >= 0.6 is 0 Å². The summed E-state index contributed by atoms with van der Waals surface area (Å²) < 4.78 is 29.3. The quantitative estimate of drug-likeness (QED) is 0.773. The van der Waals surface area contributed by atoms with Gasteiger partial charge in [0.2, 0.25) is 10.0 Å². The van der Waals surface area contributed by atoms with Crippen molar-refractivity contribution in [3.8, 4) is 0 Å². The van der Waals surface area contributed by atoms with Crippen LogP contribution in [0.4, 0.5) is 0 Å². The molecule has 0 amide bonds. The molecule has 5 nitrogen and oxygen atoms in total. The average molecular weight is 299 g/mol. The second kappa shape index (κ2) is 7.40. The molecule has 1 rings (SSSR count). The van der Waals surface area contributed by atoms with Crippen LogP contribution in [-0.2, 0) is 26.0 Å². The van der Waals surface area contributed by atoms with Crippen LogP contribution in [0.3, 0.4) is 0 Å². The van der Waals surface area contributed by atoms with Crippen molar-refractivity contribution in [2.45, 2.75) is 26.2 Å². The van der Waals surface area contributed by atoms with Crippen LogP contribution in [0.15, 0.2) is 24.3 Å². The Labute approximate surface area is 120 Å². The van der Waals surface area contributed by atoms with Gasteiger partial charge in [0.1, 0.15) is 0 Å². The second-order valence-corrected chi connectivity index (χ2v) is 6.46. The molecule has 0 bridgehead atoms. The minimum Gasteiger partial charge on any atom is -0.466 e. The fourth-order valence-corrected chi connectivity index (χ4v) is 2.23. The first kappa shape index (κ1) is 16.7. The molecule has 0 fully saturated rings. The van der Waals surface area contributed by atoms with E-state index in [2.05, 4.69) is 4.72 Å². The summed E-state index contributed by atoms with van der Waals surface area (Å²) in [6.07, 6.45) is 1.75. The van der Waals surface area contributed by atoms with E-state index in [1.54, 1.807) is 13.8 Å². The SMILES string of the molecule is CCOC(=O)C(C)c1ccc(CCNS(C)(=O)=O)cc1. The molecule has 6 heteroatoms. The Morgan fingerprint density at radius 3 is 2.40 bits per heavy atom. The summed E-state index contributed by atoms with van der Waals surface area (Å²) in [5.41, 5.74) is 1.91. The Balaban J connectivity index is 2.58. The van der Waals surface area contributed by atoms with E-state index in [1.165, 1.54) is 0 Å². The maximum Gasteiger partial charge on any atom is 0.313 e. The third kappa shape index (κ3) is 5.71. The van der Waals surface area contributed by atoms with Crippen molar-refractivity contribution in [1.29, 1.82) is 0 Å². The third-order valence-corrected chi connectivity index (χ3v) is 3.63. The zero-order valence-corrected chi connectivity index (χ0v) is 12.9. The molecule has 0 aliphatic rings. The van der Waals surface area contributed by atoms with Gasteiger partial charge in [0.15, 0.2) is 0 Å². The maximum absolute atomic E-state index is 11.6. The lowest BCUT2D eigenvalue weighted by Crippen LogP contribution is -2.24. The lowest BCUT2D eigenvalue weighted by atomic mass is 9.99. The summed E-state index contributed by atoms with van der Waals surface area (Å²) in [4.78, 5) is 11.6. The predicted molar refractivity (Wildman–Crippen MR) is 78.0 cm³/mol. The van der Waals surface area contributed by atoms with Crippen LogP contribution in [-0.4, -0.2) is 33.8 Å². The van der Waals surface area contributed by atoms with Gasteiger partial charge in [-0.25, -0.2) is 13.1 Å². The van der Waals surface area contributed by atoms with Crippen molar-refractivity contribution in [2.75, 3.05) is 19.4 Å². The number of carbonyl (C=O) groups excluding carboxylic acids is 1. The van der Waals surface area contributed by atoms with E-state index in [1.807, 2.05) is 24.3 Å². The summed E-state index contributed by atoms with van der Waals surface area (Å²) in [5, 5.41) is 0. The minimum atomic E-state index is -3.14. The normalized spacial score (nSPS) is 12.9. The number of esters is 1. The molecule has 0 spiro atoms. The van der Waals surface area contributed by atoms with Crippen LogP contribution in [0.2, 0.25) is 0 Å².